The van der Waals surface area contributed by atoms with Crippen molar-refractivity contribution in [2.24, 2.45) is 5.41 Å². The zero-order valence-corrected chi connectivity index (χ0v) is 17.2. The van der Waals surface area contributed by atoms with Gasteiger partial charge in [0.15, 0.2) is 0 Å². The molecule has 3 heteroatoms. The fraction of sp³-hybridized carbons (Fsp3) is 0.560. The second kappa shape index (κ2) is 9.43. The largest absolute Gasteiger partial charge is 0.489 e. The molecule has 3 nitrogen and oxygen atoms in total. The van der Waals surface area contributed by atoms with Crippen molar-refractivity contribution in [2.45, 2.75) is 77.2 Å². The maximum atomic E-state index is 11.8. The summed E-state index contributed by atoms with van der Waals surface area (Å²) >= 11 is 0. The molecule has 28 heavy (non-hydrogen) atoms. The van der Waals surface area contributed by atoms with Crippen LogP contribution in [0.5, 0.6) is 5.75 Å². The summed E-state index contributed by atoms with van der Waals surface area (Å²) in [6.07, 6.45) is 9.67. The number of hydrogen-bond acceptors (Lipinski definition) is 3. The molecule has 0 heterocycles. The summed E-state index contributed by atoms with van der Waals surface area (Å²) < 4.78 is 6.04. The van der Waals surface area contributed by atoms with E-state index < -0.39 is 0 Å². The van der Waals surface area contributed by atoms with Gasteiger partial charge >= 0.3 is 0 Å². The van der Waals surface area contributed by atoms with Gasteiger partial charge in [-0.3, -0.25) is 4.79 Å². The first-order valence-electron chi connectivity index (χ1n) is 10.6. The molecule has 1 aromatic rings. The van der Waals surface area contributed by atoms with Gasteiger partial charge in [-0.25, -0.2) is 0 Å². The zero-order chi connectivity index (χ0) is 20.0. The second-order valence-electron chi connectivity index (χ2n) is 8.32. The lowest BCUT2D eigenvalue weighted by Gasteiger charge is -2.31. The number of allylic oxidation sites excluding steroid dienone is 1. The van der Waals surface area contributed by atoms with Crippen LogP contribution in [-0.4, -0.2) is 23.6 Å². The average molecular weight is 381 g/mol. The number of ketones is 1. The first-order valence-corrected chi connectivity index (χ1v) is 10.6. The van der Waals surface area contributed by atoms with E-state index in [2.05, 4.69) is 17.9 Å². The molecule has 2 aliphatic carbocycles. The molecule has 3 atom stereocenters. The first kappa shape index (κ1) is 20.7. The Labute approximate surface area is 169 Å². The van der Waals surface area contributed by atoms with Crippen LogP contribution in [-0.2, 0) is 4.79 Å². The van der Waals surface area contributed by atoms with E-state index in [9.17, 15) is 9.90 Å². The SMILES string of the molecule is CC#C[C@@H](CC(=O)CC)c1ccc(OCC2=C[C@@]3(CCC2)CC[C@H](O)C3)cc1. The van der Waals surface area contributed by atoms with E-state index >= 15 is 0 Å². The van der Waals surface area contributed by atoms with Gasteiger partial charge in [0.2, 0.25) is 0 Å². The van der Waals surface area contributed by atoms with Crippen LogP contribution in [0.4, 0.5) is 0 Å². The minimum atomic E-state index is -0.136. The van der Waals surface area contributed by atoms with E-state index in [-0.39, 0.29) is 23.2 Å². The number of Topliss-reactive ketones (excluding diaryl/α,β-unsaturated/α-hetero) is 1. The highest BCUT2D eigenvalue weighted by molar-refractivity contribution is 5.79. The lowest BCUT2D eigenvalue weighted by molar-refractivity contribution is -0.118. The molecule has 0 radical (unpaired) electrons. The first-order chi connectivity index (χ1) is 13.5. The number of rotatable bonds is 7. The maximum absolute atomic E-state index is 11.8. The molecule has 1 spiro atoms. The zero-order valence-electron chi connectivity index (χ0n) is 17.2. The Morgan fingerprint density at radius 1 is 1.32 bits per heavy atom. The van der Waals surface area contributed by atoms with Gasteiger partial charge < -0.3 is 9.84 Å². The highest BCUT2D eigenvalue weighted by atomic mass is 16.5. The van der Waals surface area contributed by atoms with Gasteiger partial charge in [-0.1, -0.05) is 31.1 Å². The Balaban J connectivity index is 1.61. The molecule has 150 valence electrons. The second-order valence-corrected chi connectivity index (χ2v) is 8.32. The number of benzene rings is 1. The lowest BCUT2D eigenvalue weighted by Crippen LogP contribution is -2.21. The van der Waals surface area contributed by atoms with Crippen molar-refractivity contribution < 1.29 is 14.6 Å². The van der Waals surface area contributed by atoms with Crippen molar-refractivity contribution in [3.8, 4) is 17.6 Å². The van der Waals surface area contributed by atoms with Gasteiger partial charge in [-0.05, 0) is 74.1 Å². The van der Waals surface area contributed by atoms with Crippen molar-refractivity contribution in [2.75, 3.05) is 6.61 Å². The number of hydrogen-bond donors (Lipinski definition) is 1. The molecule has 1 aromatic carbocycles. The van der Waals surface area contributed by atoms with E-state index in [1.54, 1.807) is 0 Å². The normalized spacial score (nSPS) is 25.0. The van der Waals surface area contributed by atoms with Crippen molar-refractivity contribution in [3.63, 3.8) is 0 Å². The van der Waals surface area contributed by atoms with Crippen LogP contribution < -0.4 is 4.74 Å². The number of carbonyl (C=O) groups is 1. The monoisotopic (exact) mass is 380 g/mol. The molecular formula is C25H32O3. The fourth-order valence-electron chi connectivity index (χ4n) is 4.62. The summed E-state index contributed by atoms with van der Waals surface area (Å²) in [5.74, 6) is 7.15. The molecule has 0 unspecified atom stereocenters. The minimum Gasteiger partial charge on any atom is -0.489 e. The van der Waals surface area contributed by atoms with E-state index in [4.69, 9.17) is 4.74 Å². The summed E-state index contributed by atoms with van der Waals surface area (Å²) in [6.45, 7) is 4.32. The average Bonchev–Trinajstić information content (AvgIpc) is 3.06. The predicted octanol–water partition coefficient (Wildman–Crippen LogP) is 5.18. The fourth-order valence-corrected chi connectivity index (χ4v) is 4.62. The van der Waals surface area contributed by atoms with Crippen LogP contribution in [0, 0.1) is 17.3 Å². The van der Waals surface area contributed by atoms with E-state index in [1.165, 1.54) is 18.4 Å². The lowest BCUT2D eigenvalue weighted by atomic mass is 9.75. The van der Waals surface area contributed by atoms with Crippen LogP contribution in [0.1, 0.15) is 76.7 Å². The van der Waals surface area contributed by atoms with Gasteiger partial charge in [0, 0.05) is 12.8 Å². The predicted molar refractivity (Wildman–Crippen MR) is 112 cm³/mol. The number of aliphatic hydroxyl groups is 1. The molecule has 0 amide bonds. The van der Waals surface area contributed by atoms with Crippen LogP contribution in [0.2, 0.25) is 0 Å². The van der Waals surface area contributed by atoms with Crippen LogP contribution in [0.15, 0.2) is 35.9 Å². The summed E-state index contributed by atoms with van der Waals surface area (Å²) in [4.78, 5) is 11.8. The third-order valence-corrected chi connectivity index (χ3v) is 6.15. The summed E-state index contributed by atoms with van der Waals surface area (Å²) in [6, 6.07) is 8.01. The van der Waals surface area contributed by atoms with Gasteiger partial charge in [0.25, 0.3) is 0 Å². The summed E-state index contributed by atoms with van der Waals surface area (Å²) in [5, 5.41) is 9.93. The number of aliphatic hydroxyl groups excluding tert-OH is 1. The molecular weight excluding hydrogens is 348 g/mol. The highest BCUT2D eigenvalue weighted by Gasteiger charge is 2.38. The van der Waals surface area contributed by atoms with Crippen LogP contribution in [0.25, 0.3) is 0 Å². The standard InChI is InChI=1S/C25H32O3/c1-3-6-21(15-22(26)4-2)20-8-10-24(11-9-20)28-18-19-7-5-13-25(16-19)14-12-23(27)17-25/h8-11,16,21,23,27H,4-5,7,12-15,17-18H2,1-2H3/t21-,23-,25+/m0/s1. The Bertz CT molecular complexity index is 765. The van der Waals surface area contributed by atoms with Gasteiger partial charge in [0.05, 0.1) is 12.0 Å². The number of carbonyl (C=O) groups excluding carboxylic acids is 1. The molecule has 2 aliphatic rings. The van der Waals surface area contributed by atoms with E-state index in [0.717, 1.165) is 37.0 Å². The van der Waals surface area contributed by atoms with Gasteiger partial charge in [-0.2, -0.15) is 0 Å². The maximum Gasteiger partial charge on any atom is 0.134 e. The third-order valence-electron chi connectivity index (χ3n) is 6.15. The molecule has 0 aromatic heterocycles. The van der Waals surface area contributed by atoms with E-state index in [1.807, 2.05) is 38.1 Å². The van der Waals surface area contributed by atoms with E-state index in [0.29, 0.717) is 19.4 Å². The van der Waals surface area contributed by atoms with Crippen molar-refractivity contribution in [3.05, 3.63) is 41.5 Å². The smallest absolute Gasteiger partial charge is 0.134 e. The molecule has 0 aliphatic heterocycles. The number of ether oxygens (including phenoxy) is 1. The van der Waals surface area contributed by atoms with Crippen molar-refractivity contribution in [1.82, 2.24) is 0 Å². The van der Waals surface area contributed by atoms with Crippen molar-refractivity contribution in [1.29, 1.82) is 0 Å². The minimum absolute atomic E-state index is 0.0406. The van der Waals surface area contributed by atoms with Gasteiger partial charge in [0.1, 0.15) is 18.1 Å². The highest BCUT2D eigenvalue weighted by Crippen LogP contribution is 2.47. The van der Waals surface area contributed by atoms with Crippen LogP contribution >= 0.6 is 0 Å². The van der Waals surface area contributed by atoms with Crippen molar-refractivity contribution >= 4 is 5.78 Å². The molecule has 3 rings (SSSR count). The molecule has 1 saturated carbocycles. The van der Waals surface area contributed by atoms with Crippen LogP contribution in [0.3, 0.4) is 0 Å². The Morgan fingerprint density at radius 3 is 2.75 bits per heavy atom. The molecule has 1 fully saturated rings. The van der Waals surface area contributed by atoms with Gasteiger partial charge in [-0.15, -0.1) is 5.92 Å². The third kappa shape index (κ3) is 5.26. The molecule has 0 saturated heterocycles. The Hall–Kier alpha value is -2.05. The summed E-state index contributed by atoms with van der Waals surface area (Å²) in [7, 11) is 0. The Morgan fingerprint density at radius 2 is 2.11 bits per heavy atom. The quantitative estimate of drug-likeness (QED) is 0.523. The topological polar surface area (TPSA) is 46.5 Å². The molecule has 0 bridgehead atoms. The molecule has 1 N–H and O–H groups in total. The Kier molecular flexibility index (Phi) is 6.97. The summed E-state index contributed by atoms with van der Waals surface area (Å²) in [5.41, 5.74) is 2.63.